The second-order valence-electron chi connectivity index (χ2n) is 4.19. The summed E-state index contributed by atoms with van der Waals surface area (Å²) in [7, 11) is 0. The van der Waals surface area contributed by atoms with Crippen LogP contribution in [0.15, 0.2) is 28.9 Å². The maximum absolute atomic E-state index is 11.6. The molecule has 0 bridgehead atoms. The first-order valence-corrected chi connectivity index (χ1v) is 5.88. The molecule has 0 saturated heterocycles. The zero-order valence-corrected chi connectivity index (χ0v) is 10.1. The standard InChI is InChI=1S/C13H16N2O2/c1-3-4-5-12-13(15(16)17-14-12)11-8-6-10(2)7-9-11/h6-9H,3-5H2,1-2H3. The van der Waals surface area contributed by atoms with Crippen molar-refractivity contribution in [1.82, 2.24) is 5.16 Å². The van der Waals surface area contributed by atoms with Gasteiger partial charge in [0.15, 0.2) is 0 Å². The molecule has 2 rings (SSSR count). The van der Waals surface area contributed by atoms with Crippen molar-refractivity contribution in [3.8, 4) is 11.3 Å². The molecule has 4 nitrogen and oxygen atoms in total. The Labute approximate surface area is 100 Å². The number of hydrogen-bond donors (Lipinski definition) is 0. The van der Waals surface area contributed by atoms with Gasteiger partial charge in [-0.3, -0.25) is 4.63 Å². The van der Waals surface area contributed by atoms with Crippen LogP contribution >= 0.6 is 0 Å². The lowest BCUT2D eigenvalue weighted by Gasteiger charge is -1.99. The molecule has 0 unspecified atom stereocenters. The third-order valence-electron chi connectivity index (χ3n) is 2.77. The highest BCUT2D eigenvalue weighted by Crippen LogP contribution is 2.20. The van der Waals surface area contributed by atoms with Gasteiger partial charge in [-0.15, -0.1) is 0 Å². The third kappa shape index (κ3) is 2.46. The van der Waals surface area contributed by atoms with Gasteiger partial charge in [0.25, 0.3) is 0 Å². The molecule has 0 atom stereocenters. The van der Waals surface area contributed by atoms with Gasteiger partial charge in [-0.05, 0) is 18.2 Å². The molecule has 0 amide bonds. The number of rotatable bonds is 4. The lowest BCUT2D eigenvalue weighted by Crippen LogP contribution is -2.25. The zero-order valence-electron chi connectivity index (χ0n) is 10.1. The Bertz CT molecular complexity index is 489. The van der Waals surface area contributed by atoms with Gasteiger partial charge in [-0.25, -0.2) is 0 Å². The number of benzene rings is 1. The van der Waals surface area contributed by atoms with Gasteiger partial charge < -0.3 is 5.21 Å². The molecular weight excluding hydrogens is 216 g/mol. The van der Waals surface area contributed by atoms with Crippen LogP contribution in [0, 0.1) is 12.1 Å². The van der Waals surface area contributed by atoms with Crippen LogP contribution in [0.5, 0.6) is 0 Å². The highest BCUT2D eigenvalue weighted by molar-refractivity contribution is 5.58. The van der Waals surface area contributed by atoms with Crippen LogP contribution in [0.1, 0.15) is 31.0 Å². The Balaban J connectivity index is 2.36. The molecule has 90 valence electrons. The lowest BCUT2D eigenvalue weighted by molar-refractivity contribution is -0.793. The second-order valence-corrected chi connectivity index (χ2v) is 4.19. The van der Waals surface area contributed by atoms with E-state index in [-0.39, 0.29) is 0 Å². The van der Waals surface area contributed by atoms with E-state index >= 15 is 0 Å². The largest absolute Gasteiger partial charge is 0.359 e. The summed E-state index contributed by atoms with van der Waals surface area (Å²) in [5.41, 5.74) is 3.31. The van der Waals surface area contributed by atoms with Gasteiger partial charge in [-0.1, -0.05) is 43.2 Å². The molecule has 1 aromatic heterocycles. The molecule has 0 spiro atoms. The topological polar surface area (TPSA) is 53.0 Å². The average molecular weight is 232 g/mol. The van der Waals surface area contributed by atoms with Gasteiger partial charge in [0, 0.05) is 17.1 Å². The minimum Gasteiger partial charge on any atom is -0.359 e. The van der Waals surface area contributed by atoms with Crippen molar-refractivity contribution in [1.29, 1.82) is 0 Å². The van der Waals surface area contributed by atoms with E-state index in [1.807, 2.05) is 31.2 Å². The molecule has 1 aromatic carbocycles. The van der Waals surface area contributed by atoms with Crippen molar-refractivity contribution < 1.29 is 9.53 Å². The van der Waals surface area contributed by atoms with Crippen molar-refractivity contribution in [3.63, 3.8) is 0 Å². The molecule has 0 radical (unpaired) electrons. The van der Waals surface area contributed by atoms with Crippen molar-refractivity contribution in [2.45, 2.75) is 33.1 Å². The van der Waals surface area contributed by atoms with Crippen LogP contribution < -0.4 is 4.90 Å². The number of unbranched alkanes of at least 4 members (excludes halogenated alkanes) is 1. The predicted molar refractivity (Wildman–Crippen MR) is 64.2 cm³/mol. The molecule has 0 aliphatic rings. The summed E-state index contributed by atoms with van der Waals surface area (Å²) >= 11 is 0. The van der Waals surface area contributed by atoms with Gasteiger partial charge in [0.1, 0.15) is 0 Å². The Hall–Kier alpha value is -1.84. The Morgan fingerprint density at radius 3 is 2.65 bits per heavy atom. The van der Waals surface area contributed by atoms with Crippen molar-refractivity contribution >= 4 is 0 Å². The number of aryl methyl sites for hydroxylation is 2. The SMILES string of the molecule is CCCCc1no[n+]([O-])c1-c1ccc(C)cc1. The van der Waals surface area contributed by atoms with E-state index in [2.05, 4.69) is 16.7 Å². The molecule has 0 aliphatic carbocycles. The first kappa shape index (κ1) is 11.6. The maximum Gasteiger partial charge on any atom is 0.228 e. The average Bonchev–Trinajstić information content (AvgIpc) is 2.69. The first-order chi connectivity index (χ1) is 8.22. The fourth-order valence-corrected chi connectivity index (χ4v) is 1.77. The molecular formula is C13H16N2O2. The van der Waals surface area contributed by atoms with Gasteiger partial charge in [0.2, 0.25) is 11.4 Å². The minimum atomic E-state index is 0.496. The summed E-state index contributed by atoms with van der Waals surface area (Å²) in [6, 6.07) is 7.80. The highest BCUT2D eigenvalue weighted by Gasteiger charge is 2.19. The van der Waals surface area contributed by atoms with Crippen LogP contribution in [0.2, 0.25) is 0 Å². The first-order valence-electron chi connectivity index (χ1n) is 5.88. The summed E-state index contributed by atoms with van der Waals surface area (Å²) in [5, 5.41) is 15.4. The van der Waals surface area contributed by atoms with Crippen LogP contribution in [0.25, 0.3) is 11.3 Å². The van der Waals surface area contributed by atoms with Crippen molar-refractivity contribution in [2.75, 3.05) is 0 Å². The maximum atomic E-state index is 11.6. The van der Waals surface area contributed by atoms with E-state index in [4.69, 9.17) is 0 Å². The molecule has 0 saturated carbocycles. The summed E-state index contributed by atoms with van der Waals surface area (Å²) < 4.78 is 4.69. The minimum absolute atomic E-state index is 0.496. The highest BCUT2D eigenvalue weighted by atomic mass is 16.8. The van der Waals surface area contributed by atoms with E-state index in [0.29, 0.717) is 10.6 Å². The second kappa shape index (κ2) is 4.99. The fraction of sp³-hybridized carbons (Fsp3) is 0.385. The Morgan fingerprint density at radius 2 is 2.00 bits per heavy atom. The Morgan fingerprint density at radius 1 is 1.29 bits per heavy atom. The molecule has 4 heteroatoms. The van der Waals surface area contributed by atoms with Gasteiger partial charge >= 0.3 is 0 Å². The summed E-state index contributed by atoms with van der Waals surface area (Å²) in [6.07, 6.45) is 2.85. The number of hydrogen-bond acceptors (Lipinski definition) is 3. The smallest absolute Gasteiger partial charge is 0.228 e. The van der Waals surface area contributed by atoms with Crippen molar-refractivity contribution in [3.05, 3.63) is 40.7 Å². The zero-order chi connectivity index (χ0) is 12.3. The molecule has 17 heavy (non-hydrogen) atoms. The lowest BCUT2D eigenvalue weighted by atomic mass is 10.1. The molecule has 0 fully saturated rings. The number of nitrogens with zero attached hydrogens (tertiary/aromatic N) is 2. The van der Waals surface area contributed by atoms with Crippen LogP contribution in [-0.4, -0.2) is 5.16 Å². The van der Waals surface area contributed by atoms with E-state index in [1.54, 1.807) is 0 Å². The third-order valence-corrected chi connectivity index (χ3v) is 2.77. The summed E-state index contributed by atoms with van der Waals surface area (Å²) in [6.45, 7) is 4.12. The molecule has 1 heterocycles. The number of aromatic nitrogens is 2. The van der Waals surface area contributed by atoms with Gasteiger partial charge in [-0.2, -0.15) is 0 Å². The molecule has 0 N–H and O–H groups in total. The fourth-order valence-electron chi connectivity index (χ4n) is 1.77. The predicted octanol–water partition coefficient (Wildman–Crippen LogP) is 2.63. The van der Waals surface area contributed by atoms with Crippen molar-refractivity contribution in [2.24, 2.45) is 0 Å². The molecule has 2 aromatic rings. The normalized spacial score (nSPS) is 10.7. The van der Waals surface area contributed by atoms with Crippen LogP contribution in [0.4, 0.5) is 0 Å². The van der Waals surface area contributed by atoms with Crippen LogP contribution in [-0.2, 0) is 6.42 Å². The van der Waals surface area contributed by atoms with Gasteiger partial charge in [0.05, 0.1) is 0 Å². The van der Waals surface area contributed by atoms with E-state index in [1.165, 1.54) is 0 Å². The summed E-state index contributed by atoms with van der Waals surface area (Å²) in [5.74, 6) is 0. The van der Waals surface area contributed by atoms with Crippen LogP contribution in [0.3, 0.4) is 0 Å². The quantitative estimate of drug-likeness (QED) is 0.761. The Kier molecular flexibility index (Phi) is 3.42. The monoisotopic (exact) mass is 232 g/mol. The van der Waals surface area contributed by atoms with E-state index < -0.39 is 0 Å². The van der Waals surface area contributed by atoms with E-state index in [0.717, 1.165) is 36.1 Å². The summed E-state index contributed by atoms with van der Waals surface area (Å²) in [4.78, 5) is 0.496. The molecule has 0 aliphatic heterocycles. The van der Waals surface area contributed by atoms with E-state index in [9.17, 15) is 5.21 Å².